The highest BCUT2D eigenvalue weighted by Gasteiger charge is 2.34. The van der Waals surface area contributed by atoms with Gasteiger partial charge in [-0.25, -0.2) is 9.18 Å². The van der Waals surface area contributed by atoms with Crippen molar-refractivity contribution >= 4 is 5.97 Å². The fourth-order valence-electron chi connectivity index (χ4n) is 4.40. The van der Waals surface area contributed by atoms with Crippen molar-refractivity contribution in [3.05, 3.63) is 128 Å². The molecule has 4 aromatic rings. The second kappa shape index (κ2) is 12.3. The van der Waals surface area contributed by atoms with Crippen LogP contribution in [0.5, 0.6) is 0 Å². The molecule has 8 nitrogen and oxygen atoms in total. The minimum absolute atomic E-state index is 0.0141. The highest BCUT2D eigenvalue weighted by molar-refractivity contribution is 5.69. The molecule has 214 valence electrons. The molecule has 3 aromatic carbocycles. The molecule has 0 radical (unpaired) electrons. The lowest BCUT2D eigenvalue weighted by atomic mass is 10.0. The summed E-state index contributed by atoms with van der Waals surface area (Å²) < 4.78 is 57.4. The van der Waals surface area contributed by atoms with Crippen molar-refractivity contribution in [3.63, 3.8) is 0 Å². The van der Waals surface area contributed by atoms with Gasteiger partial charge < -0.3 is 16.2 Å². The van der Waals surface area contributed by atoms with Gasteiger partial charge in [0.15, 0.2) is 0 Å². The maximum absolute atomic E-state index is 14.7. The van der Waals surface area contributed by atoms with Crippen molar-refractivity contribution in [1.82, 2.24) is 14.5 Å². The van der Waals surface area contributed by atoms with Crippen molar-refractivity contribution in [2.75, 3.05) is 6.54 Å². The van der Waals surface area contributed by atoms with Gasteiger partial charge in [-0.15, -0.1) is 0 Å². The number of aliphatic carboxylic acids is 1. The summed E-state index contributed by atoms with van der Waals surface area (Å²) in [5.74, 6) is -2.17. The third-order valence-electron chi connectivity index (χ3n) is 6.47. The van der Waals surface area contributed by atoms with Crippen molar-refractivity contribution in [2.45, 2.75) is 31.9 Å². The van der Waals surface area contributed by atoms with Crippen LogP contribution >= 0.6 is 0 Å². The fourth-order valence-corrected chi connectivity index (χ4v) is 4.40. The highest BCUT2D eigenvalue weighted by Crippen LogP contribution is 2.33. The van der Waals surface area contributed by atoms with Gasteiger partial charge in [0.05, 0.1) is 30.8 Å². The molecule has 1 atom stereocenters. The van der Waals surface area contributed by atoms with Crippen LogP contribution in [0.15, 0.2) is 88.6 Å². The highest BCUT2D eigenvalue weighted by atomic mass is 19.4. The number of alkyl halides is 3. The van der Waals surface area contributed by atoms with Crippen LogP contribution in [-0.4, -0.2) is 26.8 Å². The maximum Gasteiger partial charge on any atom is 0.416 e. The Kier molecular flexibility index (Phi) is 8.84. The Labute approximate surface area is 231 Å². The molecule has 1 heterocycles. The summed E-state index contributed by atoms with van der Waals surface area (Å²) in [6.45, 7) is -1.09. The second-order valence-electron chi connectivity index (χ2n) is 9.34. The van der Waals surface area contributed by atoms with Crippen LogP contribution in [0.4, 0.5) is 17.6 Å². The van der Waals surface area contributed by atoms with Gasteiger partial charge in [-0.2, -0.15) is 13.2 Å². The van der Waals surface area contributed by atoms with E-state index < -0.39 is 52.9 Å². The number of hydrogen-bond acceptors (Lipinski definition) is 5. The first kappa shape index (κ1) is 29.4. The zero-order chi connectivity index (χ0) is 29.7. The van der Waals surface area contributed by atoms with Gasteiger partial charge in [-0.3, -0.25) is 18.7 Å². The third kappa shape index (κ3) is 6.97. The van der Waals surface area contributed by atoms with Crippen molar-refractivity contribution < 1.29 is 27.5 Å². The third-order valence-corrected chi connectivity index (χ3v) is 6.47. The molecule has 4 N–H and O–H groups in total. The van der Waals surface area contributed by atoms with Crippen molar-refractivity contribution in [3.8, 4) is 11.1 Å². The monoisotopic (exact) mass is 570 g/mol. The van der Waals surface area contributed by atoms with E-state index in [9.17, 15) is 31.9 Å². The molecule has 0 bridgehead atoms. The summed E-state index contributed by atoms with van der Waals surface area (Å²) in [5, 5.41) is 11.5. The zero-order valence-corrected chi connectivity index (χ0v) is 21.6. The van der Waals surface area contributed by atoms with Crippen LogP contribution in [0.2, 0.25) is 0 Å². The van der Waals surface area contributed by atoms with Gasteiger partial charge in [0, 0.05) is 24.3 Å². The van der Waals surface area contributed by atoms with E-state index in [0.717, 1.165) is 33.5 Å². The maximum atomic E-state index is 14.7. The number of aromatic nitrogens is 2. The normalized spacial score (nSPS) is 12.3. The Bertz CT molecular complexity index is 1650. The molecular formula is C29H26F4N4O4. The number of hydrogen-bond donors (Lipinski definition) is 3. The molecule has 0 saturated heterocycles. The Balaban J connectivity index is 1.81. The van der Waals surface area contributed by atoms with Crippen LogP contribution in [0.25, 0.3) is 11.1 Å². The summed E-state index contributed by atoms with van der Waals surface area (Å²) in [4.78, 5) is 37.7. The number of nitrogens with one attached hydrogen (secondary N) is 1. The van der Waals surface area contributed by atoms with Gasteiger partial charge in [-0.05, 0) is 28.8 Å². The molecule has 41 heavy (non-hydrogen) atoms. The smallest absolute Gasteiger partial charge is 0.416 e. The summed E-state index contributed by atoms with van der Waals surface area (Å²) >= 11 is 0. The lowest BCUT2D eigenvalue weighted by molar-refractivity contribution is -0.138. The van der Waals surface area contributed by atoms with Crippen molar-refractivity contribution in [2.24, 2.45) is 5.73 Å². The summed E-state index contributed by atoms with van der Waals surface area (Å²) in [6.07, 6.45) is -3.77. The predicted octanol–water partition coefficient (Wildman–Crippen LogP) is 3.76. The molecule has 0 fully saturated rings. The molecule has 4 rings (SSSR count). The average Bonchev–Trinajstić information content (AvgIpc) is 2.93. The van der Waals surface area contributed by atoms with Crippen molar-refractivity contribution in [1.29, 1.82) is 0 Å². The number of benzene rings is 3. The number of halogens is 4. The Morgan fingerprint density at radius 3 is 2.29 bits per heavy atom. The minimum Gasteiger partial charge on any atom is -0.480 e. The number of rotatable bonds is 10. The Morgan fingerprint density at radius 1 is 0.976 bits per heavy atom. The van der Waals surface area contributed by atoms with E-state index in [1.807, 2.05) is 0 Å². The number of carboxylic acids is 1. The quantitative estimate of drug-likeness (QED) is 0.250. The molecular weight excluding hydrogens is 544 g/mol. The van der Waals surface area contributed by atoms with Crippen LogP contribution < -0.4 is 22.3 Å². The van der Waals surface area contributed by atoms with Crippen LogP contribution in [0.1, 0.15) is 28.3 Å². The van der Waals surface area contributed by atoms with Crippen LogP contribution in [0, 0.1) is 5.82 Å². The topological polar surface area (TPSA) is 119 Å². The molecule has 0 spiro atoms. The van der Waals surface area contributed by atoms with Gasteiger partial charge in [-0.1, -0.05) is 60.7 Å². The van der Waals surface area contributed by atoms with Crippen LogP contribution in [0.3, 0.4) is 0 Å². The van der Waals surface area contributed by atoms with E-state index in [-0.39, 0.29) is 25.2 Å². The molecule has 12 heteroatoms. The average molecular weight is 571 g/mol. The SMILES string of the molecule is N[C@@H](Cn1c(=O)c(-c2ccc(CNCC(=O)O)cc2)cn(Cc2c(F)cccc2C(F)(F)F)c1=O)c1ccccc1. The molecule has 0 unspecified atom stereocenters. The summed E-state index contributed by atoms with van der Waals surface area (Å²) in [6, 6.07) is 16.8. The van der Waals surface area contributed by atoms with Gasteiger partial charge in [0.25, 0.3) is 5.56 Å². The molecule has 0 amide bonds. The Morgan fingerprint density at radius 2 is 1.66 bits per heavy atom. The standard InChI is InChI=1S/C29H26F4N4O4/c30-24-8-4-7-23(29(31,32)33)22(24)16-36-15-21(19-11-9-18(10-12-19)13-35-14-26(38)39)27(40)37(28(36)41)17-25(34)20-5-2-1-3-6-20/h1-12,15,25,35H,13-14,16-17,34H2,(H,38,39)/t25-/m0/s1. The summed E-state index contributed by atoms with van der Waals surface area (Å²) in [5.41, 5.74) is 4.30. The molecule has 0 saturated carbocycles. The lowest BCUT2D eigenvalue weighted by Crippen LogP contribution is -2.42. The number of nitrogens with two attached hydrogens (primary N) is 1. The predicted molar refractivity (Wildman–Crippen MR) is 144 cm³/mol. The van der Waals surface area contributed by atoms with E-state index in [1.165, 1.54) is 0 Å². The van der Waals surface area contributed by atoms with E-state index in [1.54, 1.807) is 54.6 Å². The molecule has 0 aliphatic rings. The first-order valence-electron chi connectivity index (χ1n) is 12.5. The first-order chi connectivity index (χ1) is 19.5. The van der Waals surface area contributed by atoms with Gasteiger partial charge in [0.2, 0.25) is 0 Å². The number of carbonyl (C=O) groups is 1. The van der Waals surface area contributed by atoms with Crippen LogP contribution in [-0.2, 0) is 30.6 Å². The fraction of sp³-hybridized carbons (Fsp3) is 0.207. The molecule has 0 aliphatic heterocycles. The lowest BCUT2D eigenvalue weighted by Gasteiger charge is -2.19. The molecule has 0 aliphatic carbocycles. The zero-order valence-electron chi connectivity index (χ0n) is 21.6. The van der Waals surface area contributed by atoms with E-state index >= 15 is 0 Å². The Hall–Kier alpha value is -4.55. The van der Waals surface area contributed by atoms with E-state index in [0.29, 0.717) is 16.7 Å². The second-order valence-corrected chi connectivity index (χ2v) is 9.34. The van der Waals surface area contributed by atoms with E-state index in [2.05, 4.69) is 5.32 Å². The van der Waals surface area contributed by atoms with Gasteiger partial charge in [0.1, 0.15) is 5.82 Å². The largest absolute Gasteiger partial charge is 0.480 e. The minimum atomic E-state index is -4.88. The number of carboxylic acid groups (broad SMARTS) is 1. The van der Waals surface area contributed by atoms with E-state index in [4.69, 9.17) is 10.8 Å². The summed E-state index contributed by atoms with van der Waals surface area (Å²) in [7, 11) is 0. The first-order valence-corrected chi connectivity index (χ1v) is 12.5. The molecule has 1 aromatic heterocycles. The number of nitrogens with zero attached hydrogens (tertiary/aromatic N) is 2. The van der Waals surface area contributed by atoms with Gasteiger partial charge >= 0.3 is 17.8 Å².